The molecule has 156 valence electrons. The first-order valence-electron chi connectivity index (χ1n) is 9.14. The number of rotatable bonds is 6. The molecule has 0 N–H and O–H groups in total. The minimum Gasteiger partial charge on any atom is -0.468 e. The van der Waals surface area contributed by atoms with E-state index in [0.29, 0.717) is 28.1 Å². The van der Waals surface area contributed by atoms with Crippen molar-refractivity contribution < 1.29 is 12.8 Å². The summed E-state index contributed by atoms with van der Waals surface area (Å²) in [6.07, 6.45) is 1.49. The van der Waals surface area contributed by atoms with Crippen LogP contribution in [-0.4, -0.2) is 44.5 Å². The molecule has 4 aromatic rings. The van der Waals surface area contributed by atoms with E-state index in [2.05, 4.69) is 15.4 Å². The van der Waals surface area contributed by atoms with Crippen molar-refractivity contribution in [1.82, 2.24) is 29.1 Å². The molecule has 0 saturated heterocycles. The largest absolute Gasteiger partial charge is 0.468 e. The molecular weight excluding hydrogens is 408 g/mol. The Kier molecular flexibility index (Phi) is 5.00. The highest BCUT2D eigenvalue weighted by Crippen LogP contribution is 2.24. The fourth-order valence-corrected chi connectivity index (χ4v) is 4.80. The minimum absolute atomic E-state index is 0.0548. The van der Waals surface area contributed by atoms with Crippen molar-refractivity contribution in [3.8, 4) is 0 Å². The molecule has 0 aliphatic rings. The number of sulfonamides is 1. The Hall–Kier alpha value is -3.31. The van der Waals surface area contributed by atoms with Gasteiger partial charge in [0.1, 0.15) is 22.8 Å². The molecule has 0 bridgehead atoms. The molecule has 30 heavy (non-hydrogen) atoms. The normalized spacial score (nSPS) is 12.1. The smallest absolute Gasteiger partial charge is 0.279 e. The van der Waals surface area contributed by atoms with Crippen molar-refractivity contribution in [2.24, 2.45) is 0 Å². The Bertz CT molecular complexity index is 1370. The topological polar surface area (TPSA) is 116 Å². The maximum Gasteiger partial charge on any atom is 0.279 e. The summed E-state index contributed by atoms with van der Waals surface area (Å²) >= 11 is 0. The predicted octanol–water partition coefficient (Wildman–Crippen LogP) is 1.52. The lowest BCUT2D eigenvalue weighted by Crippen LogP contribution is -2.29. The minimum atomic E-state index is -3.83. The molecule has 4 rings (SSSR count). The summed E-state index contributed by atoms with van der Waals surface area (Å²) in [5, 5.41) is 12.8. The van der Waals surface area contributed by atoms with Crippen molar-refractivity contribution in [3.63, 3.8) is 0 Å². The Balaban J connectivity index is 1.69. The van der Waals surface area contributed by atoms with Crippen LogP contribution < -0.4 is 5.56 Å². The zero-order valence-corrected chi connectivity index (χ0v) is 17.5. The van der Waals surface area contributed by atoms with Crippen LogP contribution in [0.25, 0.3) is 10.9 Å². The highest BCUT2D eigenvalue weighted by atomic mass is 32.2. The number of aromatic nitrogens is 5. The van der Waals surface area contributed by atoms with Crippen molar-refractivity contribution >= 4 is 20.9 Å². The lowest BCUT2D eigenvalue weighted by atomic mass is 10.2. The molecular formula is C19H20N6O4S. The second-order valence-electron chi connectivity index (χ2n) is 6.89. The highest BCUT2D eigenvalue weighted by molar-refractivity contribution is 7.89. The van der Waals surface area contributed by atoms with Gasteiger partial charge in [-0.15, -0.1) is 5.10 Å². The molecule has 0 radical (unpaired) electrons. The predicted molar refractivity (Wildman–Crippen MR) is 108 cm³/mol. The van der Waals surface area contributed by atoms with E-state index in [1.807, 2.05) is 0 Å². The molecule has 0 fully saturated rings. The van der Waals surface area contributed by atoms with Gasteiger partial charge in [0, 0.05) is 7.05 Å². The van der Waals surface area contributed by atoms with Gasteiger partial charge in [0.05, 0.1) is 29.6 Å². The van der Waals surface area contributed by atoms with Crippen LogP contribution >= 0.6 is 0 Å². The van der Waals surface area contributed by atoms with Gasteiger partial charge in [-0.25, -0.2) is 13.1 Å². The highest BCUT2D eigenvalue weighted by Gasteiger charge is 2.29. The zero-order chi connectivity index (χ0) is 21.5. The summed E-state index contributed by atoms with van der Waals surface area (Å²) in [6, 6.07) is 10.3. The van der Waals surface area contributed by atoms with Crippen molar-refractivity contribution in [3.05, 3.63) is 70.2 Å². The third-order valence-corrected chi connectivity index (χ3v) is 6.90. The number of hydrogen-bond acceptors (Lipinski definition) is 7. The molecule has 0 aliphatic heterocycles. The monoisotopic (exact) mass is 428 g/mol. The fraction of sp³-hybridized carbons (Fsp3) is 0.263. The SMILES string of the molecule is Cc1nn(Cn2nnc3ccccc3c2=O)c(C)c1S(=O)(=O)N(C)Cc1ccco1. The third kappa shape index (κ3) is 3.42. The molecule has 0 atom stereocenters. The maximum absolute atomic E-state index is 13.1. The van der Waals surface area contributed by atoms with E-state index in [4.69, 9.17) is 4.42 Å². The molecule has 0 aliphatic carbocycles. The molecule has 0 amide bonds. The van der Waals surface area contributed by atoms with E-state index in [-0.39, 0.29) is 23.7 Å². The van der Waals surface area contributed by atoms with Crippen LogP contribution in [0.4, 0.5) is 0 Å². The molecule has 0 unspecified atom stereocenters. The summed E-state index contributed by atoms with van der Waals surface area (Å²) in [4.78, 5) is 12.8. The quantitative estimate of drug-likeness (QED) is 0.457. The molecule has 0 saturated carbocycles. The van der Waals surface area contributed by atoms with Crippen molar-refractivity contribution in [2.45, 2.75) is 32.0 Å². The number of aryl methyl sites for hydroxylation is 1. The number of hydrogen-bond donors (Lipinski definition) is 0. The molecule has 1 aromatic carbocycles. The van der Waals surface area contributed by atoms with Crippen LogP contribution in [0.2, 0.25) is 0 Å². The lowest BCUT2D eigenvalue weighted by Gasteiger charge is -2.16. The molecule has 10 nitrogen and oxygen atoms in total. The van der Waals surface area contributed by atoms with Crippen molar-refractivity contribution in [2.75, 3.05) is 7.05 Å². The number of furan rings is 1. The summed E-state index contributed by atoms with van der Waals surface area (Å²) in [5.41, 5.74) is 0.906. The van der Waals surface area contributed by atoms with Gasteiger partial charge >= 0.3 is 0 Å². The van der Waals surface area contributed by atoms with Crippen LogP contribution in [0, 0.1) is 13.8 Å². The van der Waals surface area contributed by atoms with Crippen LogP contribution in [0.5, 0.6) is 0 Å². The van der Waals surface area contributed by atoms with E-state index in [9.17, 15) is 13.2 Å². The second kappa shape index (κ2) is 7.50. The summed E-state index contributed by atoms with van der Waals surface area (Å²) in [6.45, 7) is 3.30. The molecule has 0 spiro atoms. The zero-order valence-electron chi connectivity index (χ0n) is 16.7. The molecule has 3 heterocycles. The van der Waals surface area contributed by atoms with Gasteiger partial charge in [-0.05, 0) is 38.1 Å². The van der Waals surface area contributed by atoms with E-state index in [1.54, 1.807) is 50.2 Å². The van der Waals surface area contributed by atoms with Crippen LogP contribution in [0.1, 0.15) is 17.1 Å². The van der Waals surface area contributed by atoms with E-state index < -0.39 is 10.0 Å². The van der Waals surface area contributed by atoms with Crippen LogP contribution in [0.3, 0.4) is 0 Å². The number of nitrogens with zero attached hydrogens (tertiary/aromatic N) is 6. The van der Waals surface area contributed by atoms with Gasteiger partial charge in [0.15, 0.2) is 0 Å². The van der Waals surface area contributed by atoms with E-state index in [1.165, 1.54) is 22.3 Å². The van der Waals surface area contributed by atoms with Crippen LogP contribution in [0.15, 0.2) is 56.8 Å². The lowest BCUT2D eigenvalue weighted by molar-refractivity contribution is 0.405. The summed E-state index contributed by atoms with van der Waals surface area (Å²) in [7, 11) is -2.35. The first-order valence-corrected chi connectivity index (χ1v) is 10.6. The number of fused-ring (bicyclic) bond motifs is 1. The van der Waals surface area contributed by atoms with Crippen LogP contribution in [-0.2, 0) is 23.2 Å². The Morgan fingerprint density at radius 3 is 2.60 bits per heavy atom. The first-order chi connectivity index (χ1) is 14.3. The molecule has 11 heteroatoms. The van der Waals surface area contributed by atoms with Gasteiger partial charge in [0.25, 0.3) is 5.56 Å². The molecule has 3 aromatic heterocycles. The van der Waals surface area contributed by atoms with Gasteiger partial charge in [-0.2, -0.15) is 14.1 Å². The average Bonchev–Trinajstić information content (AvgIpc) is 3.32. The second-order valence-corrected chi connectivity index (χ2v) is 8.87. The first kappa shape index (κ1) is 20.0. The van der Waals surface area contributed by atoms with E-state index in [0.717, 1.165) is 4.68 Å². The fourth-order valence-electron chi connectivity index (χ4n) is 3.30. The third-order valence-electron chi connectivity index (χ3n) is 4.84. The van der Waals surface area contributed by atoms with Gasteiger partial charge in [-0.3, -0.25) is 4.79 Å². The Morgan fingerprint density at radius 2 is 1.87 bits per heavy atom. The van der Waals surface area contributed by atoms with Gasteiger partial charge < -0.3 is 4.42 Å². The summed E-state index contributed by atoms with van der Waals surface area (Å²) in [5.74, 6) is 0.529. The van der Waals surface area contributed by atoms with Gasteiger partial charge in [0.2, 0.25) is 10.0 Å². The summed E-state index contributed by atoms with van der Waals surface area (Å²) < 4.78 is 35.3. The maximum atomic E-state index is 13.1. The van der Waals surface area contributed by atoms with Gasteiger partial charge in [-0.1, -0.05) is 17.3 Å². The Labute approximate surface area is 172 Å². The number of benzene rings is 1. The average molecular weight is 428 g/mol. The van der Waals surface area contributed by atoms with E-state index >= 15 is 0 Å². The van der Waals surface area contributed by atoms with Crippen molar-refractivity contribution in [1.29, 1.82) is 0 Å². The Morgan fingerprint density at radius 1 is 1.10 bits per heavy atom. The standard InChI is InChI=1S/C19H20N6O4S/c1-13-18(30(27,28)23(3)11-15-7-6-10-29-15)14(2)24(21-13)12-25-19(26)16-8-4-5-9-17(16)20-22-25/h4-10H,11-12H2,1-3H3.